The van der Waals surface area contributed by atoms with Crippen molar-refractivity contribution in [3.8, 4) is 16.6 Å². The van der Waals surface area contributed by atoms with Gasteiger partial charge in [0.2, 0.25) is 10.0 Å². The fraction of sp³-hybridized carbons (Fsp3) is 0.200. The van der Waals surface area contributed by atoms with Gasteiger partial charge in [-0.05, 0) is 37.1 Å². The van der Waals surface area contributed by atoms with Crippen LogP contribution in [0.2, 0.25) is 0 Å². The number of nitrogens with zero attached hydrogens (tertiary/aromatic N) is 4. The van der Waals surface area contributed by atoms with Gasteiger partial charge in [0.25, 0.3) is 0 Å². The molecule has 11 heteroatoms. The van der Waals surface area contributed by atoms with Crippen molar-refractivity contribution in [1.82, 2.24) is 24.9 Å². The minimum atomic E-state index is -3.68. The maximum atomic E-state index is 12.7. The van der Waals surface area contributed by atoms with Crippen LogP contribution in [0.5, 0.6) is 0 Å². The first-order valence-corrected chi connectivity index (χ1v) is 11.9. The second-order valence-corrected chi connectivity index (χ2v) is 9.85. The number of nitriles is 1. The molecule has 3 heterocycles. The van der Waals surface area contributed by atoms with Crippen LogP contribution in [0.4, 0.5) is 5.69 Å². The zero-order valence-corrected chi connectivity index (χ0v) is 17.7. The molecule has 0 radical (unpaired) electrons. The van der Waals surface area contributed by atoms with Crippen LogP contribution in [0, 0.1) is 11.3 Å². The van der Waals surface area contributed by atoms with Crippen LogP contribution < -0.4 is 10.0 Å². The first-order valence-electron chi connectivity index (χ1n) is 9.55. The third kappa shape index (κ3) is 3.76. The van der Waals surface area contributed by atoms with Crippen LogP contribution in [-0.4, -0.2) is 40.7 Å². The van der Waals surface area contributed by atoms with Crippen LogP contribution >= 0.6 is 11.3 Å². The maximum absolute atomic E-state index is 12.7. The molecule has 3 N–H and O–H groups in total. The van der Waals surface area contributed by atoms with Crippen molar-refractivity contribution >= 4 is 38.1 Å². The lowest BCUT2D eigenvalue weighted by molar-refractivity contribution is 0.346. The van der Waals surface area contributed by atoms with E-state index in [0.29, 0.717) is 18.4 Å². The summed E-state index contributed by atoms with van der Waals surface area (Å²) >= 11 is 1.44. The molecule has 0 amide bonds. The van der Waals surface area contributed by atoms with Gasteiger partial charge in [-0.2, -0.15) is 5.26 Å². The van der Waals surface area contributed by atoms with E-state index in [-0.39, 0.29) is 17.0 Å². The van der Waals surface area contributed by atoms with E-state index in [1.807, 2.05) is 18.3 Å². The molecule has 1 aromatic carbocycles. The summed E-state index contributed by atoms with van der Waals surface area (Å²) in [5, 5.41) is 22.4. The number of pyridine rings is 1. The molecule has 0 saturated heterocycles. The van der Waals surface area contributed by atoms with Crippen LogP contribution in [0.15, 0.2) is 53.1 Å². The van der Waals surface area contributed by atoms with Gasteiger partial charge in [-0.25, -0.2) is 18.1 Å². The summed E-state index contributed by atoms with van der Waals surface area (Å²) in [6.45, 7) is 0. The van der Waals surface area contributed by atoms with Crippen molar-refractivity contribution in [3.63, 3.8) is 0 Å². The Kier molecular flexibility index (Phi) is 4.90. The molecule has 0 bridgehead atoms. The second-order valence-electron chi connectivity index (χ2n) is 7.30. The van der Waals surface area contributed by atoms with E-state index in [1.165, 1.54) is 23.5 Å². The first-order chi connectivity index (χ1) is 15.0. The Morgan fingerprint density at radius 1 is 1.23 bits per heavy atom. The number of benzene rings is 1. The number of sulfonamides is 1. The van der Waals surface area contributed by atoms with Gasteiger partial charge in [-0.15, -0.1) is 10.2 Å². The molecule has 0 atom stereocenters. The topological polar surface area (TPSA) is 136 Å². The highest BCUT2D eigenvalue weighted by molar-refractivity contribution is 7.89. The summed E-state index contributed by atoms with van der Waals surface area (Å²) < 4.78 is 28.0. The van der Waals surface area contributed by atoms with Crippen molar-refractivity contribution in [2.24, 2.45) is 0 Å². The van der Waals surface area contributed by atoms with Gasteiger partial charge in [-0.3, -0.25) is 0 Å². The Morgan fingerprint density at radius 3 is 2.87 bits per heavy atom. The zero-order chi connectivity index (χ0) is 21.4. The standard InChI is InChI=1S/C20H17N7O2S2/c21-9-12-2-1-3-15(6-12)31(28,29)27-14-7-13(8-14)25-18-16-4-5-22-19(16)23-10-17(18)20-26-24-11-30-20/h1-6,10-11,13-14,27H,7-8H2,(H2,22,23,25). The molecule has 4 aromatic rings. The number of hydrogen-bond acceptors (Lipinski definition) is 8. The fourth-order valence-electron chi connectivity index (χ4n) is 3.67. The van der Waals surface area contributed by atoms with E-state index in [0.717, 1.165) is 27.3 Å². The molecular weight excluding hydrogens is 434 g/mol. The van der Waals surface area contributed by atoms with Crippen LogP contribution in [-0.2, 0) is 10.0 Å². The molecule has 0 unspecified atom stereocenters. The quantitative estimate of drug-likeness (QED) is 0.410. The lowest BCUT2D eigenvalue weighted by atomic mass is 9.87. The van der Waals surface area contributed by atoms with Gasteiger partial charge < -0.3 is 10.3 Å². The number of rotatable bonds is 6. The molecule has 0 spiro atoms. The number of aromatic amines is 1. The van der Waals surface area contributed by atoms with E-state index in [2.05, 4.69) is 30.2 Å². The van der Waals surface area contributed by atoms with Gasteiger partial charge in [-0.1, -0.05) is 17.4 Å². The van der Waals surface area contributed by atoms with Crippen molar-refractivity contribution in [1.29, 1.82) is 5.26 Å². The van der Waals surface area contributed by atoms with Crippen LogP contribution in [0.3, 0.4) is 0 Å². The second kappa shape index (κ2) is 7.73. The number of H-pyrrole nitrogens is 1. The highest BCUT2D eigenvalue weighted by Gasteiger charge is 2.33. The number of aromatic nitrogens is 4. The summed E-state index contributed by atoms with van der Waals surface area (Å²) in [5.41, 5.74) is 4.54. The summed E-state index contributed by atoms with van der Waals surface area (Å²) in [7, 11) is -3.68. The Balaban J connectivity index is 1.31. The molecule has 1 saturated carbocycles. The zero-order valence-electron chi connectivity index (χ0n) is 16.1. The van der Waals surface area contributed by atoms with Crippen LogP contribution in [0.1, 0.15) is 18.4 Å². The van der Waals surface area contributed by atoms with Gasteiger partial charge in [0, 0.05) is 29.9 Å². The molecule has 31 heavy (non-hydrogen) atoms. The van der Waals surface area contributed by atoms with E-state index in [9.17, 15) is 8.42 Å². The lowest BCUT2D eigenvalue weighted by Crippen LogP contribution is -2.49. The molecule has 156 valence electrons. The third-order valence-corrected chi connectivity index (χ3v) is 7.50. The highest BCUT2D eigenvalue weighted by atomic mass is 32.2. The smallest absolute Gasteiger partial charge is 0.240 e. The molecule has 1 aliphatic rings. The number of hydrogen-bond donors (Lipinski definition) is 3. The Morgan fingerprint density at radius 2 is 2.10 bits per heavy atom. The summed E-state index contributed by atoms with van der Waals surface area (Å²) in [6, 6.07) is 9.86. The van der Waals surface area contributed by atoms with Crippen molar-refractivity contribution in [2.75, 3.05) is 5.32 Å². The molecule has 1 aliphatic carbocycles. The van der Waals surface area contributed by atoms with E-state index in [1.54, 1.807) is 23.8 Å². The Labute approximate surface area is 182 Å². The third-order valence-electron chi connectivity index (χ3n) is 5.26. The molecule has 9 nitrogen and oxygen atoms in total. The largest absolute Gasteiger partial charge is 0.381 e. The number of fused-ring (bicyclic) bond motifs is 1. The summed E-state index contributed by atoms with van der Waals surface area (Å²) in [4.78, 5) is 7.66. The SMILES string of the molecule is N#Cc1cccc(S(=O)(=O)NC2CC(Nc3c(-c4nncs4)cnc4[nH]ccc34)C2)c1. The monoisotopic (exact) mass is 451 g/mol. The summed E-state index contributed by atoms with van der Waals surface area (Å²) in [6.07, 6.45) is 4.88. The maximum Gasteiger partial charge on any atom is 0.240 e. The molecule has 5 rings (SSSR count). The van der Waals surface area contributed by atoms with Gasteiger partial charge in [0.1, 0.15) is 11.2 Å². The minimum absolute atomic E-state index is 0.102. The molecule has 1 fully saturated rings. The van der Waals surface area contributed by atoms with E-state index >= 15 is 0 Å². The normalized spacial score (nSPS) is 18.4. The number of anilines is 1. The minimum Gasteiger partial charge on any atom is -0.381 e. The Bertz CT molecular complexity index is 1380. The van der Waals surface area contributed by atoms with Crippen molar-refractivity contribution in [3.05, 3.63) is 53.8 Å². The fourth-order valence-corrected chi connectivity index (χ4v) is 5.55. The molecule has 0 aliphatic heterocycles. The van der Waals surface area contributed by atoms with E-state index < -0.39 is 10.0 Å². The van der Waals surface area contributed by atoms with Gasteiger partial charge >= 0.3 is 0 Å². The van der Waals surface area contributed by atoms with E-state index in [4.69, 9.17) is 5.26 Å². The average Bonchev–Trinajstić information content (AvgIpc) is 3.44. The predicted octanol–water partition coefficient (Wildman–Crippen LogP) is 2.87. The lowest BCUT2D eigenvalue weighted by Gasteiger charge is -2.37. The number of nitrogens with one attached hydrogen (secondary N) is 3. The Hall–Kier alpha value is -3.33. The summed E-state index contributed by atoms with van der Waals surface area (Å²) in [5.74, 6) is 0. The predicted molar refractivity (Wildman–Crippen MR) is 117 cm³/mol. The molecule has 3 aromatic heterocycles. The van der Waals surface area contributed by atoms with Gasteiger partial charge in [0.15, 0.2) is 5.01 Å². The van der Waals surface area contributed by atoms with Crippen molar-refractivity contribution in [2.45, 2.75) is 29.8 Å². The van der Waals surface area contributed by atoms with Crippen LogP contribution in [0.25, 0.3) is 21.6 Å². The van der Waals surface area contributed by atoms with Gasteiger partial charge in [0.05, 0.1) is 27.8 Å². The van der Waals surface area contributed by atoms with Crippen molar-refractivity contribution < 1.29 is 8.42 Å². The average molecular weight is 452 g/mol. The highest BCUT2D eigenvalue weighted by Crippen LogP contribution is 2.36. The molecular formula is C20H17N7O2S2. The first kappa shape index (κ1) is 19.6.